The second-order valence-corrected chi connectivity index (χ2v) is 4.59. The molecule has 0 saturated carbocycles. The smallest absolute Gasteiger partial charge is 0.128 e. The SMILES string of the molecule is Cc1occc1CN(C)c1cc([C@@H](C)N)ccn1. The van der Waals surface area contributed by atoms with Crippen molar-refractivity contribution in [1.82, 2.24) is 4.98 Å². The first-order chi connectivity index (χ1) is 8.58. The third-order valence-electron chi connectivity index (χ3n) is 3.06. The fraction of sp³-hybridized carbons (Fsp3) is 0.357. The maximum Gasteiger partial charge on any atom is 0.128 e. The minimum Gasteiger partial charge on any atom is -0.469 e. The van der Waals surface area contributed by atoms with Crippen LogP contribution in [-0.2, 0) is 6.54 Å². The Hall–Kier alpha value is -1.81. The van der Waals surface area contributed by atoms with Gasteiger partial charge in [-0.25, -0.2) is 4.98 Å². The van der Waals surface area contributed by atoms with Gasteiger partial charge in [-0.1, -0.05) is 0 Å². The summed E-state index contributed by atoms with van der Waals surface area (Å²) in [5.41, 5.74) is 8.15. The van der Waals surface area contributed by atoms with Crippen molar-refractivity contribution in [2.24, 2.45) is 5.73 Å². The topological polar surface area (TPSA) is 55.3 Å². The molecule has 0 unspecified atom stereocenters. The van der Waals surface area contributed by atoms with Gasteiger partial charge < -0.3 is 15.1 Å². The zero-order chi connectivity index (χ0) is 13.1. The van der Waals surface area contributed by atoms with Gasteiger partial charge in [-0.15, -0.1) is 0 Å². The van der Waals surface area contributed by atoms with Crippen molar-refractivity contribution in [3.63, 3.8) is 0 Å². The van der Waals surface area contributed by atoms with E-state index in [0.29, 0.717) is 0 Å². The molecule has 0 aliphatic carbocycles. The van der Waals surface area contributed by atoms with Gasteiger partial charge in [-0.05, 0) is 37.6 Å². The molecule has 1 atom stereocenters. The molecule has 2 rings (SSSR count). The van der Waals surface area contributed by atoms with Crippen molar-refractivity contribution in [2.75, 3.05) is 11.9 Å². The predicted octanol–water partition coefficient (Wildman–Crippen LogP) is 2.64. The predicted molar refractivity (Wildman–Crippen MR) is 72.4 cm³/mol. The van der Waals surface area contributed by atoms with Crippen molar-refractivity contribution in [3.05, 3.63) is 47.5 Å². The maximum absolute atomic E-state index is 5.88. The van der Waals surface area contributed by atoms with Crippen LogP contribution in [-0.4, -0.2) is 12.0 Å². The van der Waals surface area contributed by atoms with Crippen molar-refractivity contribution in [3.8, 4) is 0 Å². The quantitative estimate of drug-likeness (QED) is 0.899. The molecular formula is C14H19N3O. The van der Waals surface area contributed by atoms with Gasteiger partial charge in [0.25, 0.3) is 0 Å². The van der Waals surface area contributed by atoms with E-state index in [2.05, 4.69) is 9.88 Å². The molecule has 0 amide bonds. The van der Waals surface area contributed by atoms with E-state index in [9.17, 15) is 0 Å². The van der Waals surface area contributed by atoms with E-state index in [0.717, 1.165) is 23.7 Å². The number of nitrogens with zero attached hydrogens (tertiary/aromatic N) is 2. The third kappa shape index (κ3) is 2.71. The zero-order valence-corrected chi connectivity index (χ0v) is 11.1. The summed E-state index contributed by atoms with van der Waals surface area (Å²) in [6.07, 6.45) is 3.51. The first-order valence-corrected chi connectivity index (χ1v) is 6.03. The highest BCUT2D eigenvalue weighted by atomic mass is 16.3. The summed E-state index contributed by atoms with van der Waals surface area (Å²) in [4.78, 5) is 6.46. The number of hydrogen-bond acceptors (Lipinski definition) is 4. The lowest BCUT2D eigenvalue weighted by Gasteiger charge is -2.19. The van der Waals surface area contributed by atoms with Crippen molar-refractivity contribution in [1.29, 1.82) is 0 Å². The highest BCUT2D eigenvalue weighted by Gasteiger charge is 2.09. The monoisotopic (exact) mass is 245 g/mol. The van der Waals surface area contributed by atoms with Crippen LogP contribution in [0.1, 0.15) is 29.9 Å². The van der Waals surface area contributed by atoms with Crippen LogP contribution in [0.3, 0.4) is 0 Å². The van der Waals surface area contributed by atoms with Crippen LogP contribution in [0, 0.1) is 6.92 Å². The number of pyridine rings is 1. The highest BCUT2D eigenvalue weighted by molar-refractivity contribution is 5.42. The Balaban J connectivity index is 2.16. The van der Waals surface area contributed by atoms with Crippen LogP contribution >= 0.6 is 0 Å². The van der Waals surface area contributed by atoms with E-state index in [1.807, 2.05) is 39.1 Å². The summed E-state index contributed by atoms with van der Waals surface area (Å²) in [5.74, 6) is 1.87. The summed E-state index contributed by atoms with van der Waals surface area (Å²) in [6, 6.07) is 5.99. The molecule has 2 heterocycles. The highest BCUT2D eigenvalue weighted by Crippen LogP contribution is 2.19. The summed E-state index contributed by atoms with van der Waals surface area (Å²) >= 11 is 0. The number of furan rings is 1. The van der Waals surface area contributed by atoms with Crippen LogP contribution in [0.4, 0.5) is 5.82 Å². The fourth-order valence-corrected chi connectivity index (χ4v) is 1.84. The molecule has 0 aliphatic heterocycles. The number of nitrogens with two attached hydrogens (primary N) is 1. The Morgan fingerprint density at radius 3 is 2.83 bits per heavy atom. The molecule has 0 radical (unpaired) electrons. The lowest BCUT2D eigenvalue weighted by molar-refractivity contribution is 0.529. The Bertz CT molecular complexity index is 519. The van der Waals surface area contributed by atoms with Crippen LogP contribution in [0.25, 0.3) is 0 Å². The fourth-order valence-electron chi connectivity index (χ4n) is 1.84. The Labute approximate surface area is 107 Å². The van der Waals surface area contributed by atoms with Gasteiger partial charge in [-0.2, -0.15) is 0 Å². The number of aromatic nitrogens is 1. The molecule has 0 spiro atoms. The average molecular weight is 245 g/mol. The van der Waals surface area contributed by atoms with Gasteiger partial charge in [0, 0.05) is 31.4 Å². The molecule has 0 saturated heterocycles. The van der Waals surface area contributed by atoms with Crippen LogP contribution < -0.4 is 10.6 Å². The average Bonchev–Trinajstić information content (AvgIpc) is 2.75. The molecule has 0 fully saturated rings. The lowest BCUT2D eigenvalue weighted by atomic mass is 10.1. The molecule has 2 aromatic rings. The van der Waals surface area contributed by atoms with Crippen molar-refractivity contribution >= 4 is 5.82 Å². The summed E-state index contributed by atoms with van der Waals surface area (Å²) in [5, 5.41) is 0. The van der Waals surface area contributed by atoms with Crippen molar-refractivity contribution < 1.29 is 4.42 Å². The summed E-state index contributed by atoms with van der Waals surface area (Å²) in [7, 11) is 2.01. The first-order valence-electron chi connectivity index (χ1n) is 6.03. The Kier molecular flexibility index (Phi) is 3.67. The molecule has 4 nitrogen and oxygen atoms in total. The Morgan fingerprint density at radius 1 is 1.44 bits per heavy atom. The number of aryl methyl sites for hydroxylation is 1. The second-order valence-electron chi connectivity index (χ2n) is 4.59. The maximum atomic E-state index is 5.88. The van der Waals surface area contributed by atoms with Gasteiger partial charge in [0.1, 0.15) is 11.6 Å². The molecule has 2 N–H and O–H groups in total. The van der Waals surface area contributed by atoms with Gasteiger partial charge in [0.15, 0.2) is 0 Å². The molecule has 2 aromatic heterocycles. The van der Waals surface area contributed by atoms with E-state index >= 15 is 0 Å². The normalized spacial score (nSPS) is 12.4. The minimum absolute atomic E-state index is 0.0239. The Morgan fingerprint density at radius 2 is 2.22 bits per heavy atom. The molecular weight excluding hydrogens is 226 g/mol. The van der Waals surface area contributed by atoms with Crippen LogP contribution in [0.2, 0.25) is 0 Å². The molecule has 4 heteroatoms. The number of anilines is 1. The standard InChI is InChI=1S/C14H19N3O/c1-10(15)12-4-6-16-14(8-12)17(3)9-13-5-7-18-11(13)2/h4-8,10H,9,15H2,1-3H3/t10-/m1/s1. The molecule has 18 heavy (non-hydrogen) atoms. The second kappa shape index (κ2) is 5.23. The van der Waals surface area contributed by atoms with Crippen molar-refractivity contribution in [2.45, 2.75) is 26.4 Å². The van der Waals surface area contributed by atoms with Crippen LogP contribution in [0.5, 0.6) is 0 Å². The molecule has 0 bridgehead atoms. The van der Waals surface area contributed by atoms with Gasteiger partial charge in [-0.3, -0.25) is 0 Å². The largest absolute Gasteiger partial charge is 0.469 e. The third-order valence-corrected chi connectivity index (χ3v) is 3.06. The van der Waals surface area contributed by atoms with E-state index in [-0.39, 0.29) is 6.04 Å². The van der Waals surface area contributed by atoms with Gasteiger partial charge >= 0.3 is 0 Å². The van der Waals surface area contributed by atoms with E-state index < -0.39 is 0 Å². The van der Waals surface area contributed by atoms with Gasteiger partial charge in [0.2, 0.25) is 0 Å². The summed E-state index contributed by atoms with van der Waals surface area (Å²) < 4.78 is 5.30. The van der Waals surface area contributed by atoms with E-state index in [1.54, 1.807) is 12.5 Å². The van der Waals surface area contributed by atoms with E-state index in [4.69, 9.17) is 10.2 Å². The lowest BCUT2D eigenvalue weighted by Crippen LogP contribution is -2.18. The summed E-state index contributed by atoms with van der Waals surface area (Å²) in [6.45, 7) is 4.71. The molecule has 96 valence electrons. The number of rotatable bonds is 4. The van der Waals surface area contributed by atoms with Crippen LogP contribution in [0.15, 0.2) is 35.1 Å². The van der Waals surface area contributed by atoms with E-state index in [1.165, 1.54) is 5.56 Å². The molecule has 0 aromatic carbocycles. The molecule has 0 aliphatic rings. The first kappa shape index (κ1) is 12.6. The van der Waals surface area contributed by atoms with Gasteiger partial charge in [0.05, 0.1) is 6.26 Å². The minimum atomic E-state index is 0.0239. The zero-order valence-electron chi connectivity index (χ0n) is 11.1. The number of hydrogen-bond donors (Lipinski definition) is 1.